The molecule has 4 rings (SSSR count). The van der Waals surface area contributed by atoms with Gasteiger partial charge in [-0.15, -0.1) is 23.7 Å². The zero-order valence-electron chi connectivity index (χ0n) is 36.3. The highest BCUT2D eigenvalue weighted by Crippen LogP contribution is 2.17. The molecule has 0 amide bonds. The number of aliphatic hydroxyl groups is 4. The molecule has 13 heteroatoms. The Morgan fingerprint density at radius 3 is 1.39 bits per heavy atom. The second kappa shape index (κ2) is 33.7. The van der Waals surface area contributed by atoms with Gasteiger partial charge in [0.25, 0.3) is 0 Å². The monoisotopic (exact) mass is 934 g/mol. The van der Waals surface area contributed by atoms with Crippen molar-refractivity contribution in [1.82, 2.24) is 0 Å². The minimum atomic E-state index is -0.567. The Balaban J connectivity index is 0.000000331. The van der Waals surface area contributed by atoms with Gasteiger partial charge in [-0.1, -0.05) is 36.7 Å². The number of ether oxygens (including phenoxy) is 5. The lowest BCUT2D eigenvalue weighted by atomic mass is 10.0. The molecule has 9 nitrogen and oxygen atoms in total. The largest absolute Gasteiger partial charge is 0.491 e. The lowest BCUT2D eigenvalue weighted by Gasteiger charge is -2.22. The molecule has 3 aromatic rings. The van der Waals surface area contributed by atoms with Crippen LogP contribution in [0, 0.1) is 53.0 Å². The Morgan fingerprint density at radius 1 is 0.613 bits per heavy atom. The smallest absolute Gasteiger partial charge is 0.157 e. The van der Waals surface area contributed by atoms with Gasteiger partial charge in [0.1, 0.15) is 54.5 Å². The van der Waals surface area contributed by atoms with Crippen LogP contribution in [0.4, 0.5) is 13.2 Å². The lowest BCUT2D eigenvalue weighted by molar-refractivity contribution is -0.161. The van der Waals surface area contributed by atoms with E-state index >= 15 is 0 Å². The van der Waals surface area contributed by atoms with E-state index in [4.69, 9.17) is 28.8 Å². The Morgan fingerprint density at radius 2 is 1.02 bits per heavy atom. The standard InChI is InChI=1S/C21H29FO4.C16H21FO3.C12H16BrFO2/c1-17(6-2-4-14-24-21-7-3-5-15-25-21)8-11-19(23)16-26-20-12-9-18(22)10-13-20;1-13(4-2-3-11-18)5-8-15(19)12-20-16-9-6-14(17)7-10-16;1-9(13)2-5-11(15)8-16-12-6-3-10(14)4-7-12/h9-10,12-13,17,19,21,23H,3-5,7-8,11,14-16H2,1H3;6-7,9-10,13,15,18-19H,3,5,8,11-12H2,1H3;3-4,6-7,9,11,15H,2,5,8H2,1H3/t17?,19-,21?;13?,15-;9?,11-/m000/s1. The van der Waals surface area contributed by atoms with Crippen molar-refractivity contribution in [1.29, 1.82) is 0 Å². The molecule has 1 aliphatic rings. The molecule has 1 fully saturated rings. The molecule has 7 atom stereocenters. The molecule has 344 valence electrons. The van der Waals surface area contributed by atoms with Crippen LogP contribution in [-0.2, 0) is 9.47 Å². The van der Waals surface area contributed by atoms with Gasteiger partial charge in [-0.05, 0) is 131 Å². The maximum Gasteiger partial charge on any atom is 0.157 e. The van der Waals surface area contributed by atoms with Crippen LogP contribution >= 0.6 is 15.9 Å². The van der Waals surface area contributed by atoms with Crippen LogP contribution in [0.1, 0.15) is 91.4 Å². The van der Waals surface area contributed by atoms with E-state index in [9.17, 15) is 28.5 Å². The molecule has 3 aromatic carbocycles. The zero-order chi connectivity index (χ0) is 45.4. The normalized spacial score (nSPS) is 16.1. The summed E-state index contributed by atoms with van der Waals surface area (Å²) in [5, 5.41) is 38.0. The highest BCUT2D eigenvalue weighted by molar-refractivity contribution is 9.09. The molecule has 4 unspecified atom stereocenters. The van der Waals surface area contributed by atoms with Gasteiger partial charge in [-0.25, -0.2) is 13.2 Å². The Hall–Kier alpha value is -3.79. The van der Waals surface area contributed by atoms with E-state index in [0.717, 1.165) is 38.7 Å². The Labute approximate surface area is 375 Å². The summed E-state index contributed by atoms with van der Waals surface area (Å²) in [6, 6.07) is 17.3. The summed E-state index contributed by atoms with van der Waals surface area (Å²) >= 11 is 3.41. The highest BCUT2D eigenvalue weighted by atomic mass is 79.9. The zero-order valence-corrected chi connectivity index (χ0v) is 37.9. The molecule has 4 N–H and O–H groups in total. The molecule has 1 saturated heterocycles. The minimum Gasteiger partial charge on any atom is -0.491 e. The molecule has 0 aromatic heterocycles. The first-order valence-electron chi connectivity index (χ1n) is 21.5. The Kier molecular flexibility index (Phi) is 29.6. The van der Waals surface area contributed by atoms with E-state index < -0.39 is 18.3 Å². The summed E-state index contributed by atoms with van der Waals surface area (Å²) in [6.07, 6.45) is 7.14. The number of hydrogen-bond acceptors (Lipinski definition) is 9. The van der Waals surface area contributed by atoms with Crippen molar-refractivity contribution in [2.24, 2.45) is 11.8 Å². The van der Waals surface area contributed by atoms with Crippen LogP contribution in [0.25, 0.3) is 0 Å². The van der Waals surface area contributed by atoms with Crippen molar-refractivity contribution in [3.05, 3.63) is 90.2 Å². The van der Waals surface area contributed by atoms with E-state index in [1.807, 2.05) is 20.8 Å². The first kappa shape index (κ1) is 54.3. The van der Waals surface area contributed by atoms with E-state index in [0.29, 0.717) is 60.8 Å². The van der Waals surface area contributed by atoms with Gasteiger partial charge >= 0.3 is 0 Å². The van der Waals surface area contributed by atoms with Gasteiger partial charge < -0.3 is 44.1 Å². The summed E-state index contributed by atoms with van der Waals surface area (Å²) in [5.41, 5.74) is 0. The summed E-state index contributed by atoms with van der Waals surface area (Å²) in [4.78, 5) is 0.396. The molecule has 62 heavy (non-hydrogen) atoms. The van der Waals surface area contributed by atoms with Gasteiger partial charge in [0, 0.05) is 36.1 Å². The average molecular weight is 936 g/mol. The third kappa shape index (κ3) is 28.7. The fraction of sp³-hybridized carbons (Fsp3) is 0.551. The van der Waals surface area contributed by atoms with Crippen LogP contribution in [0.5, 0.6) is 17.2 Å². The van der Waals surface area contributed by atoms with E-state index in [1.54, 1.807) is 24.3 Å². The van der Waals surface area contributed by atoms with Crippen molar-refractivity contribution >= 4 is 15.9 Å². The summed E-state index contributed by atoms with van der Waals surface area (Å²) in [5.74, 6) is 13.4. The third-order valence-corrected chi connectivity index (χ3v) is 9.59. The highest BCUT2D eigenvalue weighted by Gasteiger charge is 2.13. The van der Waals surface area contributed by atoms with Gasteiger partial charge in [-0.3, -0.25) is 0 Å². The number of benzene rings is 3. The molecule has 0 aliphatic carbocycles. The minimum absolute atomic E-state index is 0.0563. The van der Waals surface area contributed by atoms with Crippen LogP contribution in [0.2, 0.25) is 0 Å². The summed E-state index contributed by atoms with van der Waals surface area (Å²) in [7, 11) is 0. The first-order valence-corrected chi connectivity index (χ1v) is 22.4. The lowest BCUT2D eigenvalue weighted by Crippen LogP contribution is -2.22. The van der Waals surface area contributed by atoms with Crippen molar-refractivity contribution in [2.75, 3.05) is 39.6 Å². The predicted octanol–water partition coefficient (Wildman–Crippen LogP) is 9.41. The molecule has 0 saturated carbocycles. The average Bonchev–Trinajstić information content (AvgIpc) is 3.27. The number of hydrogen-bond donors (Lipinski definition) is 4. The number of rotatable bonds is 22. The van der Waals surface area contributed by atoms with E-state index in [1.165, 1.54) is 55.0 Å². The molecule has 0 bridgehead atoms. The quantitative estimate of drug-likeness (QED) is 0.0443. The number of halogens is 4. The molecular formula is C49H66BrF3O9. The van der Waals surface area contributed by atoms with E-state index in [2.05, 4.69) is 39.6 Å². The second-order valence-corrected chi connectivity index (χ2v) is 16.7. The fourth-order valence-corrected chi connectivity index (χ4v) is 5.77. The maximum absolute atomic E-state index is 12.8. The molecule has 0 spiro atoms. The van der Waals surface area contributed by atoms with Gasteiger partial charge in [0.2, 0.25) is 0 Å². The maximum atomic E-state index is 12.8. The molecular weight excluding hydrogens is 869 g/mol. The van der Waals surface area contributed by atoms with Crippen LogP contribution in [0.15, 0.2) is 72.8 Å². The van der Waals surface area contributed by atoms with Crippen LogP contribution in [-0.4, -0.2) is 89.5 Å². The third-order valence-electron chi connectivity index (χ3n) is 9.13. The summed E-state index contributed by atoms with van der Waals surface area (Å²) in [6.45, 7) is 8.15. The first-order chi connectivity index (χ1) is 29.8. The number of alkyl halides is 1. The van der Waals surface area contributed by atoms with Crippen LogP contribution < -0.4 is 14.2 Å². The van der Waals surface area contributed by atoms with Crippen molar-refractivity contribution < 1.29 is 57.3 Å². The van der Waals surface area contributed by atoms with Gasteiger partial charge in [0.15, 0.2) is 6.29 Å². The SMILES string of the molecule is CC(Br)CC[C@H](O)COc1ccc(F)cc1.CC(C#CCCO)CC[C@H](O)COc1ccc(F)cc1.CC(C#CCCOC1CCCCO1)CC[C@H](O)COc1ccc(F)cc1. The molecule has 1 heterocycles. The fourth-order valence-electron chi connectivity index (χ4n) is 5.50. The van der Waals surface area contributed by atoms with Crippen molar-refractivity contribution in [2.45, 2.75) is 121 Å². The van der Waals surface area contributed by atoms with Gasteiger partial charge in [0.05, 0.1) is 31.5 Å². The molecule has 1 aliphatic heterocycles. The number of aliphatic hydroxyl groups excluding tert-OH is 4. The predicted molar refractivity (Wildman–Crippen MR) is 240 cm³/mol. The molecule has 0 radical (unpaired) electrons. The van der Waals surface area contributed by atoms with E-state index in [-0.39, 0.29) is 62.0 Å². The Bertz CT molecular complexity index is 1690. The summed E-state index contributed by atoms with van der Waals surface area (Å²) < 4.78 is 65.4. The second-order valence-electron chi connectivity index (χ2n) is 15.1. The topological polar surface area (TPSA) is 127 Å². The van der Waals surface area contributed by atoms with Crippen LogP contribution in [0.3, 0.4) is 0 Å². The van der Waals surface area contributed by atoms with Crippen molar-refractivity contribution in [3.63, 3.8) is 0 Å². The van der Waals surface area contributed by atoms with Gasteiger partial charge in [-0.2, -0.15) is 0 Å². The van der Waals surface area contributed by atoms with Crippen molar-refractivity contribution in [3.8, 4) is 40.9 Å².